The van der Waals surface area contributed by atoms with Crippen molar-refractivity contribution < 1.29 is 9.18 Å². The lowest BCUT2D eigenvalue weighted by Crippen LogP contribution is -2.38. The van der Waals surface area contributed by atoms with Gasteiger partial charge in [-0.1, -0.05) is 13.8 Å². The average molecular weight is 347 g/mol. The van der Waals surface area contributed by atoms with Crippen molar-refractivity contribution >= 4 is 22.4 Å². The van der Waals surface area contributed by atoms with E-state index >= 15 is 0 Å². The van der Waals surface area contributed by atoms with Crippen molar-refractivity contribution in [3.63, 3.8) is 0 Å². The molecule has 0 aliphatic carbocycles. The van der Waals surface area contributed by atoms with Gasteiger partial charge < -0.3 is 0 Å². The molecule has 2 atom stereocenters. The van der Waals surface area contributed by atoms with E-state index in [1.165, 1.54) is 42.0 Å². The smallest absolute Gasteiger partial charge is 0.257 e. The zero-order valence-electron chi connectivity index (χ0n) is 14.0. The summed E-state index contributed by atoms with van der Waals surface area (Å²) in [7, 11) is 0. The zero-order chi connectivity index (χ0) is 17.1. The SMILES string of the molecule is C[C@H]1C[C@H](C)CN(Cc2csc(NC(=O)c3ccc(F)cc3)n2)C1. The molecule has 128 valence electrons. The molecule has 0 saturated carbocycles. The van der Waals surface area contributed by atoms with Gasteiger partial charge in [0.2, 0.25) is 0 Å². The average Bonchev–Trinajstić information content (AvgIpc) is 2.93. The van der Waals surface area contributed by atoms with Gasteiger partial charge in [0.1, 0.15) is 5.82 Å². The fourth-order valence-corrected chi connectivity index (χ4v) is 4.05. The number of benzene rings is 1. The Morgan fingerprint density at radius 1 is 1.29 bits per heavy atom. The Bertz CT molecular complexity index is 691. The lowest BCUT2D eigenvalue weighted by Gasteiger charge is -2.34. The van der Waals surface area contributed by atoms with Crippen LogP contribution in [0.25, 0.3) is 0 Å². The number of likely N-dealkylation sites (tertiary alicyclic amines) is 1. The molecule has 6 heteroatoms. The van der Waals surface area contributed by atoms with E-state index in [0.717, 1.165) is 25.3 Å². The van der Waals surface area contributed by atoms with Gasteiger partial charge in [0, 0.05) is 30.6 Å². The number of carbonyl (C=O) groups is 1. The van der Waals surface area contributed by atoms with Crippen molar-refractivity contribution in [3.8, 4) is 0 Å². The Balaban J connectivity index is 1.59. The highest BCUT2D eigenvalue weighted by atomic mass is 32.1. The lowest BCUT2D eigenvalue weighted by atomic mass is 9.92. The maximum atomic E-state index is 12.9. The van der Waals surface area contributed by atoms with Crippen molar-refractivity contribution in [2.45, 2.75) is 26.8 Å². The van der Waals surface area contributed by atoms with Crippen molar-refractivity contribution in [3.05, 3.63) is 46.7 Å². The Kier molecular flexibility index (Phi) is 5.26. The summed E-state index contributed by atoms with van der Waals surface area (Å²) in [5.74, 6) is 0.805. The largest absolute Gasteiger partial charge is 0.298 e. The predicted octanol–water partition coefficient (Wildman–Crippen LogP) is 4.01. The predicted molar refractivity (Wildman–Crippen MR) is 94.7 cm³/mol. The monoisotopic (exact) mass is 347 g/mol. The van der Waals surface area contributed by atoms with Crippen molar-refractivity contribution in [2.75, 3.05) is 18.4 Å². The van der Waals surface area contributed by atoms with Crippen LogP contribution in [0.3, 0.4) is 0 Å². The highest BCUT2D eigenvalue weighted by molar-refractivity contribution is 7.13. The van der Waals surface area contributed by atoms with Gasteiger partial charge in [-0.25, -0.2) is 9.37 Å². The number of hydrogen-bond donors (Lipinski definition) is 1. The number of aromatic nitrogens is 1. The number of rotatable bonds is 4. The maximum Gasteiger partial charge on any atom is 0.257 e. The van der Waals surface area contributed by atoms with Crippen LogP contribution in [0.1, 0.15) is 36.3 Å². The van der Waals surface area contributed by atoms with Crippen LogP contribution < -0.4 is 5.32 Å². The van der Waals surface area contributed by atoms with Gasteiger partial charge in [0.15, 0.2) is 5.13 Å². The number of thiazole rings is 1. The van der Waals surface area contributed by atoms with Crippen LogP contribution in [-0.2, 0) is 6.54 Å². The third kappa shape index (κ3) is 4.39. The molecule has 0 spiro atoms. The van der Waals surface area contributed by atoms with E-state index in [9.17, 15) is 9.18 Å². The number of carbonyl (C=O) groups excluding carboxylic acids is 1. The molecule has 1 saturated heterocycles. The topological polar surface area (TPSA) is 45.2 Å². The third-order valence-electron chi connectivity index (χ3n) is 4.21. The summed E-state index contributed by atoms with van der Waals surface area (Å²) in [6.07, 6.45) is 1.28. The fraction of sp³-hybridized carbons (Fsp3) is 0.444. The summed E-state index contributed by atoms with van der Waals surface area (Å²) in [5, 5.41) is 5.35. The number of amides is 1. The number of halogens is 1. The second-order valence-corrected chi connectivity index (χ2v) is 7.60. The van der Waals surface area contributed by atoms with Crippen LogP contribution in [0.4, 0.5) is 9.52 Å². The highest BCUT2D eigenvalue weighted by Crippen LogP contribution is 2.24. The van der Waals surface area contributed by atoms with Gasteiger partial charge in [-0.3, -0.25) is 15.0 Å². The normalized spacial score (nSPS) is 21.6. The van der Waals surface area contributed by atoms with E-state index < -0.39 is 0 Å². The molecule has 1 aromatic carbocycles. The van der Waals surface area contributed by atoms with Crippen LogP contribution in [0.15, 0.2) is 29.6 Å². The Morgan fingerprint density at radius 2 is 1.96 bits per heavy atom. The molecule has 1 aliphatic rings. The lowest BCUT2D eigenvalue weighted by molar-refractivity contribution is 0.102. The molecule has 0 unspecified atom stereocenters. The van der Waals surface area contributed by atoms with Crippen LogP contribution in [0.5, 0.6) is 0 Å². The van der Waals surface area contributed by atoms with Crippen LogP contribution in [-0.4, -0.2) is 28.9 Å². The molecule has 0 bridgehead atoms. The van der Waals surface area contributed by atoms with Crippen molar-refractivity contribution in [1.82, 2.24) is 9.88 Å². The van der Waals surface area contributed by atoms with E-state index in [1.54, 1.807) is 0 Å². The highest BCUT2D eigenvalue weighted by Gasteiger charge is 2.22. The zero-order valence-corrected chi connectivity index (χ0v) is 14.8. The first kappa shape index (κ1) is 17.0. The van der Waals surface area contributed by atoms with Gasteiger partial charge in [-0.2, -0.15) is 0 Å². The molecule has 1 aromatic heterocycles. The van der Waals surface area contributed by atoms with Crippen LogP contribution in [0, 0.1) is 17.7 Å². The first-order chi connectivity index (χ1) is 11.5. The van der Waals surface area contributed by atoms with Gasteiger partial charge in [0.25, 0.3) is 5.91 Å². The minimum absolute atomic E-state index is 0.267. The second kappa shape index (κ2) is 7.40. The molecule has 1 amide bonds. The molecular formula is C18H22FN3OS. The Morgan fingerprint density at radius 3 is 2.62 bits per heavy atom. The summed E-state index contributed by atoms with van der Waals surface area (Å²) in [6, 6.07) is 5.49. The van der Waals surface area contributed by atoms with Crippen LogP contribution in [0.2, 0.25) is 0 Å². The van der Waals surface area contributed by atoms with Gasteiger partial charge in [-0.15, -0.1) is 11.3 Å². The first-order valence-corrected chi connectivity index (χ1v) is 9.11. The van der Waals surface area contributed by atoms with E-state index in [0.29, 0.717) is 22.5 Å². The summed E-state index contributed by atoms with van der Waals surface area (Å²) in [5.41, 5.74) is 1.41. The Labute approximate surface area is 145 Å². The molecule has 24 heavy (non-hydrogen) atoms. The fourth-order valence-electron chi connectivity index (χ4n) is 3.36. The van der Waals surface area contributed by atoms with E-state index in [1.807, 2.05) is 5.38 Å². The molecule has 0 radical (unpaired) electrons. The molecule has 1 N–H and O–H groups in total. The molecule has 2 aromatic rings. The Hall–Kier alpha value is -1.79. The minimum Gasteiger partial charge on any atom is -0.298 e. The van der Waals surface area contributed by atoms with E-state index in [2.05, 4.69) is 29.0 Å². The second-order valence-electron chi connectivity index (χ2n) is 6.75. The van der Waals surface area contributed by atoms with E-state index in [4.69, 9.17) is 0 Å². The number of anilines is 1. The molecule has 2 heterocycles. The number of hydrogen-bond acceptors (Lipinski definition) is 4. The van der Waals surface area contributed by atoms with Gasteiger partial charge >= 0.3 is 0 Å². The quantitative estimate of drug-likeness (QED) is 0.909. The summed E-state index contributed by atoms with van der Waals surface area (Å²) in [6.45, 7) is 7.59. The van der Waals surface area contributed by atoms with Crippen LogP contribution >= 0.6 is 11.3 Å². The third-order valence-corrected chi connectivity index (χ3v) is 5.02. The summed E-state index contributed by atoms with van der Waals surface area (Å²) in [4.78, 5) is 19.1. The van der Waals surface area contributed by atoms with E-state index in [-0.39, 0.29) is 11.7 Å². The summed E-state index contributed by atoms with van der Waals surface area (Å²) >= 11 is 1.42. The molecule has 1 fully saturated rings. The number of piperidine rings is 1. The maximum absolute atomic E-state index is 12.9. The first-order valence-electron chi connectivity index (χ1n) is 8.23. The van der Waals surface area contributed by atoms with Gasteiger partial charge in [0.05, 0.1) is 5.69 Å². The van der Waals surface area contributed by atoms with Gasteiger partial charge in [-0.05, 0) is 42.5 Å². The van der Waals surface area contributed by atoms with Crippen molar-refractivity contribution in [1.29, 1.82) is 0 Å². The standard InChI is InChI=1S/C18H22FN3OS/c1-12-7-13(2)9-22(8-12)10-16-11-24-18(20-16)21-17(23)14-3-5-15(19)6-4-14/h3-6,11-13H,7-10H2,1-2H3,(H,20,21,23)/t12-,13-/m0/s1. The molecule has 1 aliphatic heterocycles. The minimum atomic E-state index is -0.354. The number of nitrogens with one attached hydrogen (secondary N) is 1. The number of nitrogens with zero attached hydrogens (tertiary/aromatic N) is 2. The molecular weight excluding hydrogens is 325 g/mol. The molecule has 4 nitrogen and oxygen atoms in total. The molecule has 3 rings (SSSR count). The van der Waals surface area contributed by atoms with Crippen molar-refractivity contribution in [2.24, 2.45) is 11.8 Å². The summed E-state index contributed by atoms with van der Waals surface area (Å²) < 4.78 is 12.9.